The molecule has 50 heavy (non-hydrogen) atoms. The van der Waals surface area contributed by atoms with Crippen LogP contribution in [0.2, 0.25) is 0 Å². The summed E-state index contributed by atoms with van der Waals surface area (Å²) in [5, 5.41) is 9.54. The zero-order valence-electron chi connectivity index (χ0n) is 27.1. The van der Waals surface area contributed by atoms with E-state index in [1.54, 1.807) is 6.20 Å². The van der Waals surface area contributed by atoms with Gasteiger partial charge in [0.25, 0.3) is 0 Å². The van der Waals surface area contributed by atoms with E-state index in [2.05, 4.69) is 174 Å². The van der Waals surface area contributed by atoms with E-state index in [0.29, 0.717) is 0 Å². The fraction of sp³-hybridized carbons (Fsp3) is 0. The van der Waals surface area contributed by atoms with Crippen LogP contribution in [0.3, 0.4) is 0 Å². The molecule has 2 heterocycles. The second-order valence-electron chi connectivity index (χ2n) is 12.9. The van der Waals surface area contributed by atoms with Crippen molar-refractivity contribution in [1.29, 1.82) is 0 Å². The highest BCUT2D eigenvalue weighted by Gasteiger charge is 2.16. The molecule has 0 aliphatic carbocycles. The van der Waals surface area contributed by atoms with E-state index in [1.807, 2.05) is 12.3 Å². The maximum Gasteiger partial charge on any atom is 0.153 e. The van der Waals surface area contributed by atoms with Gasteiger partial charge in [-0.05, 0) is 115 Å². The monoisotopic (exact) mass is 638 g/mol. The summed E-state index contributed by atoms with van der Waals surface area (Å²) in [5.41, 5.74) is 9.70. The van der Waals surface area contributed by atoms with Gasteiger partial charge in [-0.15, -0.1) is 0 Å². The molecule has 2 aromatic heterocycles. The van der Waals surface area contributed by atoms with E-state index in [1.165, 1.54) is 49.2 Å². The molecule has 0 radical (unpaired) electrons. The van der Waals surface area contributed by atoms with E-state index in [4.69, 9.17) is 4.42 Å². The molecule has 0 fully saturated rings. The second kappa shape index (κ2) is 11.5. The van der Waals surface area contributed by atoms with Gasteiger partial charge in [-0.25, -0.2) is 0 Å². The predicted molar refractivity (Wildman–Crippen MR) is 210 cm³/mol. The van der Waals surface area contributed by atoms with Crippen molar-refractivity contribution in [3.63, 3.8) is 0 Å². The summed E-state index contributed by atoms with van der Waals surface area (Å²) in [6, 6.07) is 61.2. The number of rotatable bonds is 5. The van der Waals surface area contributed by atoms with E-state index >= 15 is 0 Å². The third kappa shape index (κ3) is 4.79. The maximum absolute atomic E-state index is 6.21. The smallest absolute Gasteiger partial charge is 0.153 e. The molecule has 0 saturated heterocycles. The van der Waals surface area contributed by atoms with Gasteiger partial charge in [0.15, 0.2) is 5.58 Å². The van der Waals surface area contributed by atoms with Gasteiger partial charge in [-0.3, -0.25) is 4.98 Å². The quantitative estimate of drug-likeness (QED) is 0.176. The van der Waals surface area contributed by atoms with Crippen molar-refractivity contribution in [2.75, 3.05) is 4.90 Å². The number of nitrogens with zero attached hydrogens (tertiary/aromatic N) is 2. The van der Waals surface area contributed by atoms with Gasteiger partial charge in [0.2, 0.25) is 0 Å². The number of benzene rings is 8. The molecular weight excluding hydrogens is 609 g/mol. The highest BCUT2D eigenvalue weighted by atomic mass is 16.3. The molecule has 8 aromatic carbocycles. The lowest BCUT2D eigenvalue weighted by molar-refractivity contribution is 0.667. The molecule has 3 heteroatoms. The standard InChI is InChI=1S/C47H30N2O/c1-2-6-31(7-3-1)32-14-19-39(20-15-32)49(41-23-18-37-28-45-43-24-25-48-30-47(43)50-46(45)29-38(37)26-41)40-21-16-33(17-22-40)36-13-12-35-11-10-34-8-4-5-9-42(34)44(35)27-36/h1-30H. The van der Waals surface area contributed by atoms with Crippen molar-refractivity contribution in [3.05, 3.63) is 182 Å². The van der Waals surface area contributed by atoms with Gasteiger partial charge in [0.05, 0.1) is 6.20 Å². The van der Waals surface area contributed by atoms with Crippen LogP contribution >= 0.6 is 0 Å². The predicted octanol–water partition coefficient (Wildman–Crippen LogP) is 13.2. The Balaban J connectivity index is 1.08. The number of furan rings is 1. The first-order valence-electron chi connectivity index (χ1n) is 16.9. The molecule has 0 unspecified atom stereocenters. The molecule has 0 saturated carbocycles. The first-order chi connectivity index (χ1) is 24.7. The third-order valence-electron chi connectivity index (χ3n) is 9.91. The minimum absolute atomic E-state index is 0.804. The van der Waals surface area contributed by atoms with Crippen molar-refractivity contribution in [2.45, 2.75) is 0 Å². The minimum Gasteiger partial charge on any atom is -0.454 e. The van der Waals surface area contributed by atoms with Crippen LogP contribution in [0.15, 0.2) is 187 Å². The van der Waals surface area contributed by atoms with Crippen LogP contribution < -0.4 is 4.90 Å². The Morgan fingerprint density at radius 2 is 0.980 bits per heavy atom. The van der Waals surface area contributed by atoms with Gasteiger partial charge in [0, 0.05) is 34.0 Å². The third-order valence-corrected chi connectivity index (χ3v) is 9.91. The highest BCUT2D eigenvalue weighted by Crippen LogP contribution is 2.40. The number of hydrogen-bond donors (Lipinski definition) is 0. The van der Waals surface area contributed by atoms with Crippen LogP contribution in [0, 0.1) is 0 Å². The molecule has 10 rings (SSSR count). The summed E-state index contributed by atoms with van der Waals surface area (Å²) in [4.78, 5) is 6.59. The van der Waals surface area contributed by atoms with Gasteiger partial charge < -0.3 is 9.32 Å². The van der Waals surface area contributed by atoms with Crippen LogP contribution in [0.1, 0.15) is 0 Å². The Morgan fingerprint density at radius 3 is 1.78 bits per heavy atom. The Kier molecular flexibility index (Phi) is 6.49. The average Bonchev–Trinajstić information content (AvgIpc) is 3.55. The zero-order valence-corrected chi connectivity index (χ0v) is 27.1. The normalized spacial score (nSPS) is 11.6. The number of pyridine rings is 1. The van der Waals surface area contributed by atoms with Crippen molar-refractivity contribution < 1.29 is 4.42 Å². The molecule has 0 amide bonds. The van der Waals surface area contributed by atoms with Crippen molar-refractivity contribution in [3.8, 4) is 22.3 Å². The lowest BCUT2D eigenvalue weighted by atomic mass is 9.97. The van der Waals surface area contributed by atoms with Crippen LogP contribution in [-0.4, -0.2) is 4.98 Å². The number of fused-ring (bicyclic) bond motifs is 7. The summed E-state index contributed by atoms with van der Waals surface area (Å²) in [6.45, 7) is 0. The molecular formula is C47H30N2O. The zero-order chi connectivity index (χ0) is 33.0. The van der Waals surface area contributed by atoms with E-state index < -0.39 is 0 Å². The Bertz CT molecular complexity index is 2850. The Labute approximate surface area is 289 Å². The van der Waals surface area contributed by atoms with Gasteiger partial charge in [0.1, 0.15) is 5.58 Å². The molecule has 234 valence electrons. The van der Waals surface area contributed by atoms with Crippen LogP contribution in [0.25, 0.3) is 76.5 Å². The molecule has 3 nitrogen and oxygen atoms in total. The highest BCUT2D eigenvalue weighted by molar-refractivity contribution is 6.11. The maximum atomic E-state index is 6.21. The van der Waals surface area contributed by atoms with E-state index in [-0.39, 0.29) is 0 Å². The van der Waals surface area contributed by atoms with E-state index in [9.17, 15) is 0 Å². The van der Waals surface area contributed by atoms with Gasteiger partial charge in [-0.1, -0.05) is 109 Å². The van der Waals surface area contributed by atoms with Crippen LogP contribution in [-0.2, 0) is 0 Å². The first-order valence-corrected chi connectivity index (χ1v) is 16.9. The number of hydrogen-bond acceptors (Lipinski definition) is 3. The van der Waals surface area contributed by atoms with Crippen LogP contribution in [0.4, 0.5) is 17.1 Å². The summed E-state index contributed by atoms with van der Waals surface area (Å²) in [5.74, 6) is 0. The van der Waals surface area contributed by atoms with Gasteiger partial charge >= 0.3 is 0 Å². The molecule has 0 bridgehead atoms. The SMILES string of the molecule is c1ccc(-c2ccc(N(c3ccc(-c4ccc5ccc6ccccc6c5c4)cc3)c3ccc4cc5c(cc4c3)oc3cnccc35)cc2)cc1. The largest absolute Gasteiger partial charge is 0.454 e. The van der Waals surface area contributed by atoms with Crippen molar-refractivity contribution in [2.24, 2.45) is 0 Å². The molecule has 10 aromatic rings. The summed E-state index contributed by atoms with van der Waals surface area (Å²) in [7, 11) is 0. The lowest BCUT2D eigenvalue weighted by Crippen LogP contribution is -2.09. The molecule has 0 N–H and O–H groups in total. The Hall–Kier alpha value is -6.71. The number of anilines is 3. The van der Waals surface area contributed by atoms with Crippen molar-refractivity contribution >= 4 is 71.3 Å². The number of aromatic nitrogens is 1. The minimum atomic E-state index is 0.804. The lowest BCUT2D eigenvalue weighted by Gasteiger charge is -2.26. The van der Waals surface area contributed by atoms with Crippen LogP contribution in [0.5, 0.6) is 0 Å². The molecule has 0 spiro atoms. The molecule has 0 aliphatic heterocycles. The Morgan fingerprint density at radius 1 is 0.360 bits per heavy atom. The van der Waals surface area contributed by atoms with E-state index in [0.717, 1.165) is 44.4 Å². The topological polar surface area (TPSA) is 29.3 Å². The molecule has 0 aliphatic rings. The summed E-state index contributed by atoms with van der Waals surface area (Å²) in [6.07, 6.45) is 3.61. The second-order valence-corrected chi connectivity index (χ2v) is 12.9. The fourth-order valence-electron chi connectivity index (χ4n) is 7.37. The van der Waals surface area contributed by atoms with Gasteiger partial charge in [-0.2, -0.15) is 0 Å². The summed E-state index contributed by atoms with van der Waals surface area (Å²) < 4.78 is 6.21. The fourth-order valence-corrected chi connectivity index (χ4v) is 7.37. The average molecular weight is 639 g/mol. The summed E-state index contributed by atoms with van der Waals surface area (Å²) >= 11 is 0. The molecule has 0 atom stereocenters. The van der Waals surface area contributed by atoms with Crippen molar-refractivity contribution in [1.82, 2.24) is 4.98 Å². The first kappa shape index (κ1) is 28.3.